The standard InChI is InChI=1S/C70H49NS/c1-69(2)63-27-15-12-24-57(63)60-37-35-56(45-66(60)69)71(54-33-30-49(31-34-54)46-18-6-3-7-19-46)55-36-39-68-62(44-55)61-43-52(32-38-67(61)72-68)70(64-28-16-13-25-58(64)59-26-14-17-29-65(59)70)53-41-50(47-20-8-4-9-21-47)40-51(42-53)48-22-10-5-11-23-48/h3-45H,1-2H3. The number of hydrogen-bond donors (Lipinski definition) is 0. The summed E-state index contributed by atoms with van der Waals surface area (Å²) >= 11 is 1.88. The van der Waals surface area contributed by atoms with Crippen molar-refractivity contribution in [2.45, 2.75) is 24.7 Å². The first-order chi connectivity index (χ1) is 35.4. The van der Waals surface area contributed by atoms with Crippen LogP contribution in [0.4, 0.5) is 17.1 Å². The van der Waals surface area contributed by atoms with E-state index in [9.17, 15) is 0 Å². The molecular weight excluding hydrogens is 887 g/mol. The zero-order valence-corrected chi connectivity index (χ0v) is 41.0. The van der Waals surface area contributed by atoms with Gasteiger partial charge in [-0.3, -0.25) is 0 Å². The SMILES string of the molecule is CC1(C)c2ccccc2-c2ccc(N(c3ccc(-c4ccccc4)cc3)c3ccc4sc5ccc(C6(c7cc(-c8ccccc8)cc(-c8ccccc8)c7)c7ccccc7-c7ccccc76)cc5c4c3)cc21. The van der Waals surface area contributed by atoms with E-state index in [1.807, 2.05) is 11.3 Å². The molecule has 0 unspecified atom stereocenters. The van der Waals surface area contributed by atoms with Crippen LogP contribution < -0.4 is 4.90 Å². The molecule has 0 aliphatic heterocycles. The minimum Gasteiger partial charge on any atom is -0.310 e. The highest BCUT2D eigenvalue weighted by molar-refractivity contribution is 7.25. The van der Waals surface area contributed by atoms with Crippen molar-refractivity contribution < 1.29 is 0 Å². The third kappa shape index (κ3) is 6.53. The Hall–Kier alpha value is -8.56. The first kappa shape index (κ1) is 42.3. The lowest BCUT2D eigenvalue weighted by Gasteiger charge is -2.35. The summed E-state index contributed by atoms with van der Waals surface area (Å²) in [6.45, 7) is 4.74. The largest absolute Gasteiger partial charge is 0.310 e. The topological polar surface area (TPSA) is 3.24 Å². The molecule has 14 rings (SSSR count). The molecule has 1 nitrogen and oxygen atoms in total. The maximum atomic E-state index is 2.53. The average Bonchev–Trinajstić information content (AvgIpc) is 4.04. The van der Waals surface area contributed by atoms with Gasteiger partial charge in [0.25, 0.3) is 0 Å². The quantitative estimate of drug-likeness (QED) is 0.147. The van der Waals surface area contributed by atoms with Gasteiger partial charge in [-0.25, -0.2) is 0 Å². The zero-order valence-electron chi connectivity index (χ0n) is 40.2. The molecule has 0 saturated carbocycles. The van der Waals surface area contributed by atoms with E-state index < -0.39 is 5.41 Å². The summed E-state index contributed by atoms with van der Waals surface area (Å²) in [4.78, 5) is 2.46. The third-order valence-corrected chi connectivity index (χ3v) is 16.9. The average molecular weight is 936 g/mol. The van der Waals surface area contributed by atoms with Gasteiger partial charge in [0.2, 0.25) is 0 Å². The molecule has 11 aromatic carbocycles. The van der Waals surface area contributed by atoms with Gasteiger partial charge in [-0.2, -0.15) is 0 Å². The Morgan fingerprint density at radius 1 is 0.292 bits per heavy atom. The van der Waals surface area contributed by atoms with Crippen LogP contribution >= 0.6 is 11.3 Å². The van der Waals surface area contributed by atoms with Crippen molar-refractivity contribution in [3.63, 3.8) is 0 Å². The maximum absolute atomic E-state index is 2.53. The second-order valence-electron chi connectivity index (χ2n) is 20.0. The van der Waals surface area contributed by atoms with Crippen LogP contribution in [0.25, 0.3) is 75.8 Å². The fourth-order valence-electron chi connectivity index (χ4n) is 12.3. The van der Waals surface area contributed by atoms with E-state index in [2.05, 4.69) is 280 Å². The number of hydrogen-bond acceptors (Lipinski definition) is 2. The molecule has 1 heterocycles. The lowest BCUT2D eigenvalue weighted by atomic mass is 9.66. The van der Waals surface area contributed by atoms with E-state index in [1.165, 1.54) is 109 Å². The minimum atomic E-state index is -0.608. The number of benzene rings is 11. The Morgan fingerprint density at radius 3 is 1.32 bits per heavy atom. The van der Waals surface area contributed by atoms with Crippen molar-refractivity contribution in [3.05, 3.63) is 294 Å². The van der Waals surface area contributed by atoms with E-state index >= 15 is 0 Å². The maximum Gasteiger partial charge on any atom is 0.0714 e. The van der Waals surface area contributed by atoms with Gasteiger partial charge in [-0.15, -0.1) is 11.3 Å². The molecule has 0 spiro atoms. The highest BCUT2D eigenvalue weighted by Crippen LogP contribution is 2.58. The molecule has 340 valence electrons. The number of anilines is 3. The van der Waals surface area contributed by atoms with Crippen LogP contribution in [0.15, 0.2) is 261 Å². The van der Waals surface area contributed by atoms with Crippen LogP contribution in [0.5, 0.6) is 0 Å². The van der Waals surface area contributed by atoms with Gasteiger partial charge in [0.05, 0.1) is 5.41 Å². The first-order valence-corrected chi connectivity index (χ1v) is 25.9. The van der Waals surface area contributed by atoms with Crippen molar-refractivity contribution in [2.75, 3.05) is 4.90 Å². The Balaban J connectivity index is 0.990. The molecule has 2 aliphatic rings. The number of fused-ring (bicyclic) bond motifs is 9. The van der Waals surface area contributed by atoms with E-state index in [-0.39, 0.29) is 5.41 Å². The van der Waals surface area contributed by atoms with E-state index in [0.717, 1.165) is 17.1 Å². The third-order valence-electron chi connectivity index (χ3n) is 15.7. The lowest BCUT2D eigenvalue weighted by molar-refractivity contribution is 0.660. The van der Waals surface area contributed by atoms with Gasteiger partial charge in [-0.05, 0) is 162 Å². The summed E-state index contributed by atoms with van der Waals surface area (Å²) in [5, 5.41) is 2.52. The lowest BCUT2D eigenvalue weighted by Crippen LogP contribution is -2.28. The highest BCUT2D eigenvalue weighted by Gasteiger charge is 2.46. The monoisotopic (exact) mass is 935 g/mol. The minimum absolute atomic E-state index is 0.134. The summed E-state index contributed by atoms with van der Waals surface area (Å²) < 4.78 is 2.55. The molecular formula is C70H49NS. The molecule has 2 heteroatoms. The Morgan fingerprint density at radius 2 is 0.722 bits per heavy atom. The molecule has 0 N–H and O–H groups in total. The number of thiophene rings is 1. The van der Waals surface area contributed by atoms with Gasteiger partial charge in [-0.1, -0.05) is 202 Å². The summed E-state index contributed by atoms with van der Waals surface area (Å²) in [5.41, 5.74) is 23.0. The van der Waals surface area contributed by atoms with Crippen molar-refractivity contribution in [1.29, 1.82) is 0 Å². The van der Waals surface area contributed by atoms with E-state index in [4.69, 9.17) is 0 Å². The van der Waals surface area contributed by atoms with Gasteiger partial charge < -0.3 is 4.90 Å². The van der Waals surface area contributed by atoms with Crippen LogP contribution in [0.1, 0.15) is 47.2 Å². The van der Waals surface area contributed by atoms with Gasteiger partial charge in [0.15, 0.2) is 0 Å². The first-order valence-electron chi connectivity index (χ1n) is 25.1. The fraction of sp³-hybridized carbons (Fsp3) is 0.0571. The van der Waals surface area contributed by atoms with Crippen LogP contribution in [-0.4, -0.2) is 0 Å². The summed E-state index contributed by atoms with van der Waals surface area (Å²) in [5.74, 6) is 0. The second kappa shape index (κ2) is 16.5. The van der Waals surface area contributed by atoms with Crippen LogP contribution in [0, 0.1) is 0 Å². The summed E-state index contributed by atoms with van der Waals surface area (Å²) in [7, 11) is 0. The van der Waals surface area contributed by atoms with Crippen LogP contribution in [0.2, 0.25) is 0 Å². The van der Waals surface area contributed by atoms with Gasteiger partial charge in [0.1, 0.15) is 0 Å². The van der Waals surface area contributed by atoms with E-state index in [1.54, 1.807) is 0 Å². The molecule has 0 bridgehead atoms. The Labute approximate surface area is 425 Å². The molecule has 0 saturated heterocycles. The smallest absolute Gasteiger partial charge is 0.0714 e. The normalized spacial score (nSPS) is 13.6. The van der Waals surface area contributed by atoms with Gasteiger partial charge >= 0.3 is 0 Å². The molecule has 2 aliphatic carbocycles. The predicted octanol–water partition coefficient (Wildman–Crippen LogP) is 19.2. The fourth-order valence-corrected chi connectivity index (χ4v) is 13.4. The molecule has 1 aromatic heterocycles. The predicted molar refractivity (Wildman–Crippen MR) is 305 cm³/mol. The Bertz CT molecular complexity index is 3950. The molecule has 0 fully saturated rings. The molecule has 12 aromatic rings. The number of nitrogens with zero attached hydrogens (tertiary/aromatic N) is 1. The molecule has 72 heavy (non-hydrogen) atoms. The van der Waals surface area contributed by atoms with Crippen molar-refractivity contribution in [2.24, 2.45) is 0 Å². The van der Waals surface area contributed by atoms with Gasteiger partial charge in [0, 0.05) is 42.6 Å². The second-order valence-corrected chi connectivity index (χ2v) is 21.1. The zero-order chi connectivity index (χ0) is 48.0. The van der Waals surface area contributed by atoms with Crippen LogP contribution in [-0.2, 0) is 10.8 Å². The van der Waals surface area contributed by atoms with Crippen molar-refractivity contribution in [1.82, 2.24) is 0 Å². The summed E-state index contributed by atoms with van der Waals surface area (Å²) in [6, 6.07) is 97.5. The van der Waals surface area contributed by atoms with Crippen molar-refractivity contribution >= 4 is 48.6 Å². The summed E-state index contributed by atoms with van der Waals surface area (Å²) in [6.07, 6.45) is 0. The molecule has 0 amide bonds. The van der Waals surface area contributed by atoms with Crippen molar-refractivity contribution in [3.8, 4) is 55.6 Å². The highest BCUT2D eigenvalue weighted by atomic mass is 32.1. The van der Waals surface area contributed by atoms with Crippen LogP contribution in [0.3, 0.4) is 0 Å². The number of rotatable bonds is 8. The Kier molecular flexibility index (Phi) is 9.71. The molecule has 0 atom stereocenters. The van der Waals surface area contributed by atoms with E-state index in [0.29, 0.717) is 0 Å². The molecule has 0 radical (unpaired) electrons.